The first-order valence-corrected chi connectivity index (χ1v) is 9.17. The molecule has 122 valence electrons. The molecular weight excluding hydrogens is 365 g/mol. The molecule has 0 saturated heterocycles. The molecule has 24 heavy (non-hydrogen) atoms. The molecule has 0 spiro atoms. The molecule has 0 aliphatic carbocycles. The predicted octanol–water partition coefficient (Wildman–Crippen LogP) is 4.53. The second-order valence-corrected chi connectivity index (χ2v) is 7.57. The van der Waals surface area contributed by atoms with Crippen LogP contribution < -0.4 is 5.32 Å². The summed E-state index contributed by atoms with van der Waals surface area (Å²) in [5.41, 5.74) is 1.45. The minimum atomic E-state index is -0.339. The summed E-state index contributed by atoms with van der Waals surface area (Å²) in [5, 5.41) is 7.15. The number of anilines is 1. The number of para-hydroxylation sites is 1. The Morgan fingerprint density at radius 3 is 2.62 bits per heavy atom. The largest absolute Gasteiger partial charge is 0.325 e. The van der Waals surface area contributed by atoms with E-state index in [9.17, 15) is 9.18 Å². The number of thioether (sulfide) groups is 1. The van der Waals surface area contributed by atoms with Gasteiger partial charge in [-0.15, -0.1) is 5.10 Å². The first kappa shape index (κ1) is 16.8. The Balaban J connectivity index is 1.62. The van der Waals surface area contributed by atoms with E-state index in [4.69, 9.17) is 12.2 Å². The van der Waals surface area contributed by atoms with Gasteiger partial charge < -0.3 is 5.32 Å². The van der Waals surface area contributed by atoms with Crippen LogP contribution in [-0.4, -0.2) is 21.4 Å². The Labute approximate surface area is 151 Å². The topological polar surface area (TPSA) is 46.9 Å². The van der Waals surface area contributed by atoms with Gasteiger partial charge in [-0.05, 0) is 48.6 Å². The van der Waals surface area contributed by atoms with E-state index < -0.39 is 0 Å². The lowest BCUT2D eigenvalue weighted by Crippen LogP contribution is -2.13. The highest BCUT2D eigenvalue weighted by molar-refractivity contribution is 8.01. The molecule has 0 bridgehead atoms. The number of carbonyl (C=O) groups excluding carboxylic acids is 1. The fourth-order valence-corrected chi connectivity index (χ4v) is 4.07. The van der Waals surface area contributed by atoms with E-state index in [1.165, 1.54) is 47.4 Å². The first-order valence-electron chi connectivity index (χ1n) is 6.95. The van der Waals surface area contributed by atoms with Gasteiger partial charge in [-0.3, -0.25) is 4.79 Å². The number of aromatic nitrogens is 2. The van der Waals surface area contributed by atoms with Crippen molar-refractivity contribution in [3.8, 4) is 5.69 Å². The van der Waals surface area contributed by atoms with Gasteiger partial charge in [-0.1, -0.05) is 41.3 Å². The summed E-state index contributed by atoms with van der Waals surface area (Å²) >= 11 is 8.00. The normalized spacial score (nSPS) is 10.5. The van der Waals surface area contributed by atoms with Crippen LogP contribution in [0.5, 0.6) is 0 Å². The number of carbonyl (C=O) groups is 1. The molecule has 8 heteroatoms. The average Bonchev–Trinajstić information content (AvgIpc) is 2.97. The molecule has 1 N–H and O–H groups in total. The maximum atomic E-state index is 12.8. The van der Waals surface area contributed by atoms with Crippen LogP contribution in [0, 0.1) is 9.77 Å². The molecular formula is C16H12FN3OS3. The van der Waals surface area contributed by atoms with Crippen LogP contribution in [0.1, 0.15) is 0 Å². The second-order valence-electron chi connectivity index (χ2n) is 4.72. The summed E-state index contributed by atoms with van der Waals surface area (Å²) < 4.78 is 15.9. The highest BCUT2D eigenvalue weighted by Gasteiger charge is 2.09. The Morgan fingerprint density at radius 1 is 1.21 bits per heavy atom. The van der Waals surface area contributed by atoms with Crippen molar-refractivity contribution in [2.75, 3.05) is 11.1 Å². The number of hydrogen-bond donors (Lipinski definition) is 1. The van der Waals surface area contributed by atoms with E-state index in [0.29, 0.717) is 9.64 Å². The maximum Gasteiger partial charge on any atom is 0.234 e. The van der Waals surface area contributed by atoms with Gasteiger partial charge in [0, 0.05) is 5.69 Å². The standard InChI is InChI=1S/C16H12FN3OS3/c17-11-6-8-12(9-7-11)18-14(21)10-23-15-19-20(16(22)24-15)13-4-2-1-3-5-13/h1-9H,10H2,(H,18,21). The van der Waals surface area contributed by atoms with Gasteiger partial charge in [0.1, 0.15) is 5.82 Å². The smallest absolute Gasteiger partial charge is 0.234 e. The summed E-state index contributed by atoms with van der Waals surface area (Å²) in [4.78, 5) is 12.0. The molecule has 0 aliphatic heterocycles. The van der Waals surface area contributed by atoms with Crippen molar-refractivity contribution >= 4 is 46.9 Å². The molecule has 4 nitrogen and oxygen atoms in total. The number of nitrogens with one attached hydrogen (secondary N) is 1. The van der Waals surface area contributed by atoms with Crippen molar-refractivity contribution in [3.05, 3.63) is 64.4 Å². The van der Waals surface area contributed by atoms with Crippen molar-refractivity contribution in [3.63, 3.8) is 0 Å². The van der Waals surface area contributed by atoms with Crippen molar-refractivity contribution < 1.29 is 9.18 Å². The molecule has 2 aromatic carbocycles. The van der Waals surface area contributed by atoms with Crippen LogP contribution >= 0.6 is 35.3 Å². The van der Waals surface area contributed by atoms with Gasteiger partial charge in [0.05, 0.1) is 11.4 Å². The van der Waals surface area contributed by atoms with Crippen LogP contribution in [-0.2, 0) is 4.79 Å². The van der Waals surface area contributed by atoms with Gasteiger partial charge >= 0.3 is 0 Å². The summed E-state index contributed by atoms with van der Waals surface area (Å²) in [6, 6.07) is 15.2. The lowest BCUT2D eigenvalue weighted by molar-refractivity contribution is -0.113. The maximum absolute atomic E-state index is 12.8. The van der Waals surface area contributed by atoms with Gasteiger partial charge in [-0.2, -0.15) is 0 Å². The quantitative estimate of drug-likeness (QED) is 0.524. The highest BCUT2D eigenvalue weighted by Crippen LogP contribution is 2.24. The van der Waals surface area contributed by atoms with E-state index in [-0.39, 0.29) is 17.5 Å². The van der Waals surface area contributed by atoms with Crippen LogP contribution in [0.25, 0.3) is 5.69 Å². The number of hydrogen-bond acceptors (Lipinski definition) is 5. The fraction of sp³-hybridized carbons (Fsp3) is 0.0625. The van der Waals surface area contributed by atoms with Crippen molar-refractivity contribution in [1.29, 1.82) is 0 Å². The lowest BCUT2D eigenvalue weighted by Gasteiger charge is -2.03. The predicted molar refractivity (Wildman–Crippen MR) is 98.0 cm³/mol. The molecule has 1 heterocycles. The van der Waals surface area contributed by atoms with E-state index in [1.54, 1.807) is 4.68 Å². The molecule has 1 amide bonds. The van der Waals surface area contributed by atoms with E-state index in [0.717, 1.165) is 10.0 Å². The van der Waals surface area contributed by atoms with Crippen molar-refractivity contribution in [1.82, 2.24) is 9.78 Å². The van der Waals surface area contributed by atoms with Gasteiger partial charge in [0.25, 0.3) is 0 Å². The Hall–Kier alpha value is -2.03. The zero-order valence-electron chi connectivity index (χ0n) is 12.3. The zero-order valence-corrected chi connectivity index (χ0v) is 14.8. The summed E-state index contributed by atoms with van der Waals surface area (Å²) in [7, 11) is 0. The van der Waals surface area contributed by atoms with E-state index in [2.05, 4.69) is 10.4 Å². The third-order valence-corrected chi connectivity index (χ3v) is 5.35. The molecule has 0 atom stereocenters. The van der Waals surface area contributed by atoms with Crippen LogP contribution in [0.3, 0.4) is 0 Å². The summed E-state index contributed by atoms with van der Waals surface area (Å²) in [6.45, 7) is 0. The number of amides is 1. The fourth-order valence-electron chi connectivity index (χ4n) is 1.91. The number of rotatable bonds is 5. The first-order chi connectivity index (χ1) is 11.6. The Kier molecular flexibility index (Phi) is 5.39. The SMILES string of the molecule is O=C(CSc1nn(-c2ccccc2)c(=S)s1)Nc1ccc(F)cc1. The van der Waals surface area contributed by atoms with Crippen LogP contribution in [0.15, 0.2) is 58.9 Å². The molecule has 0 fully saturated rings. The number of benzene rings is 2. The van der Waals surface area contributed by atoms with Crippen molar-refractivity contribution in [2.24, 2.45) is 0 Å². The van der Waals surface area contributed by atoms with Gasteiger partial charge in [0.2, 0.25) is 5.91 Å². The monoisotopic (exact) mass is 377 g/mol. The third kappa shape index (κ3) is 4.28. The van der Waals surface area contributed by atoms with E-state index in [1.807, 2.05) is 30.3 Å². The zero-order chi connectivity index (χ0) is 16.9. The minimum Gasteiger partial charge on any atom is -0.325 e. The Bertz CT molecular complexity index is 891. The molecule has 0 saturated carbocycles. The molecule has 1 aromatic heterocycles. The Morgan fingerprint density at radius 2 is 1.92 bits per heavy atom. The minimum absolute atomic E-state index is 0.181. The second kappa shape index (κ2) is 7.69. The van der Waals surface area contributed by atoms with Crippen LogP contribution in [0.2, 0.25) is 0 Å². The third-order valence-electron chi connectivity index (χ3n) is 2.98. The highest BCUT2D eigenvalue weighted by atomic mass is 32.2. The molecule has 0 radical (unpaired) electrons. The van der Waals surface area contributed by atoms with Crippen LogP contribution in [0.4, 0.5) is 10.1 Å². The molecule has 0 aliphatic rings. The average molecular weight is 377 g/mol. The van der Waals surface area contributed by atoms with Gasteiger partial charge in [-0.25, -0.2) is 9.07 Å². The van der Waals surface area contributed by atoms with Gasteiger partial charge in [0.15, 0.2) is 8.29 Å². The van der Waals surface area contributed by atoms with Crippen molar-refractivity contribution in [2.45, 2.75) is 4.34 Å². The molecule has 3 rings (SSSR count). The summed E-state index contributed by atoms with van der Waals surface area (Å²) in [5.74, 6) is -0.318. The molecule has 0 unspecified atom stereocenters. The lowest BCUT2D eigenvalue weighted by atomic mass is 10.3. The molecule has 3 aromatic rings. The summed E-state index contributed by atoms with van der Waals surface area (Å²) in [6.07, 6.45) is 0. The number of halogens is 1. The van der Waals surface area contributed by atoms with E-state index >= 15 is 0 Å². The number of nitrogens with zero attached hydrogens (tertiary/aromatic N) is 2.